The summed E-state index contributed by atoms with van der Waals surface area (Å²) in [7, 11) is 0. The standard InChI is InChI=1S/C10H16BrNOS/c1-8-9(2)14-10(13)12(8)7-5-3-4-6-11/h3-7H2,1-2H3. The van der Waals surface area contributed by atoms with Crippen LogP contribution >= 0.6 is 27.3 Å². The van der Waals surface area contributed by atoms with Gasteiger partial charge in [0.2, 0.25) is 0 Å². The molecule has 0 saturated carbocycles. The first kappa shape index (κ1) is 12.0. The van der Waals surface area contributed by atoms with Crippen LogP contribution in [0.5, 0.6) is 0 Å². The van der Waals surface area contributed by atoms with Gasteiger partial charge in [0.1, 0.15) is 0 Å². The molecule has 0 bridgehead atoms. The highest BCUT2D eigenvalue weighted by Gasteiger charge is 2.05. The molecule has 0 fully saturated rings. The highest BCUT2D eigenvalue weighted by molar-refractivity contribution is 9.09. The molecule has 0 N–H and O–H groups in total. The number of hydrogen-bond donors (Lipinski definition) is 0. The van der Waals surface area contributed by atoms with Gasteiger partial charge in [-0.2, -0.15) is 0 Å². The molecule has 0 aliphatic heterocycles. The fourth-order valence-corrected chi connectivity index (χ4v) is 2.64. The maximum Gasteiger partial charge on any atom is 0.307 e. The van der Waals surface area contributed by atoms with Gasteiger partial charge in [-0.1, -0.05) is 33.7 Å². The molecule has 0 radical (unpaired) electrons. The van der Waals surface area contributed by atoms with Crippen molar-refractivity contribution in [3.05, 3.63) is 20.2 Å². The molecule has 0 aliphatic rings. The number of thiazole rings is 1. The fourth-order valence-electron chi connectivity index (χ4n) is 1.39. The molecule has 14 heavy (non-hydrogen) atoms. The lowest BCUT2D eigenvalue weighted by molar-refractivity contribution is 0.587. The van der Waals surface area contributed by atoms with Crippen molar-refractivity contribution < 1.29 is 0 Å². The Balaban J connectivity index is 2.54. The van der Waals surface area contributed by atoms with E-state index in [-0.39, 0.29) is 4.87 Å². The zero-order chi connectivity index (χ0) is 10.6. The van der Waals surface area contributed by atoms with E-state index < -0.39 is 0 Å². The van der Waals surface area contributed by atoms with Gasteiger partial charge in [0, 0.05) is 22.4 Å². The van der Waals surface area contributed by atoms with E-state index in [0.29, 0.717) is 0 Å². The van der Waals surface area contributed by atoms with Crippen molar-refractivity contribution >= 4 is 27.3 Å². The molecule has 2 nitrogen and oxygen atoms in total. The monoisotopic (exact) mass is 277 g/mol. The number of aryl methyl sites for hydroxylation is 1. The Morgan fingerprint density at radius 2 is 2.00 bits per heavy atom. The lowest BCUT2D eigenvalue weighted by atomic mass is 10.2. The Labute approximate surface area is 97.1 Å². The van der Waals surface area contributed by atoms with E-state index in [4.69, 9.17) is 0 Å². The maximum atomic E-state index is 11.5. The van der Waals surface area contributed by atoms with Crippen molar-refractivity contribution in [3.63, 3.8) is 0 Å². The van der Waals surface area contributed by atoms with Crippen LogP contribution in [0.25, 0.3) is 0 Å². The van der Waals surface area contributed by atoms with Crippen LogP contribution in [-0.2, 0) is 6.54 Å². The zero-order valence-electron chi connectivity index (χ0n) is 8.68. The van der Waals surface area contributed by atoms with Crippen LogP contribution < -0.4 is 4.87 Å². The Morgan fingerprint density at radius 1 is 1.29 bits per heavy atom. The first-order chi connectivity index (χ1) is 6.66. The second-order valence-corrected chi connectivity index (χ2v) is 5.37. The average molecular weight is 278 g/mol. The number of hydrogen-bond acceptors (Lipinski definition) is 2. The quantitative estimate of drug-likeness (QED) is 0.599. The molecule has 0 aromatic carbocycles. The molecular formula is C10H16BrNOS. The molecule has 0 spiro atoms. The lowest BCUT2D eigenvalue weighted by Crippen LogP contribution is -2.14. The summed E-state index contributed by atoms with van der Waals surface area (Å²) >= 11 is 4.76. The minimum atomic E-state index is 0.193. The van der Waals surface area contributed by atoms with Gasteiger partial charge in [-0.15, -0.1) is 0 Å². The molecule has 1 aromatic rings. The number of aromatic nitrogens is 1. The first-order valence-electron chi connectivity index (χ1n) is 4.89. The summed E-state index contributed by atoms with van der Waals surface area (Å²) in [6.07, 6.45) is 3.48. The van der Waals surface area contributed by atoms with Crippen LogP contribution in [-0.4, -0.2) is 9.90 Å². The summed E-state index contributed by atoms with van der Waals surface area (Å²) in [5.74, 6) is 0. The van der Waals surface area contributed by atoms with Crippen molar-refractivity contribution in [1.82, 2.24) is 4.57 Å². The van der Waals surface area contributed by atoms with Crippen LogP contribution in [0.1, 0.15) is 29.8 Å². The van der Waals surface area contributed by atoms with Gasteiger partial charge in [0.05, 0.1) is 0 Å². The number of unbranched alkanes of at least 4 members (excludes halogenated alkanes) is 2. The molecule has 0 amide bonds. The number of rotatable bonds is 5. The Bertz CT molecular complexity index is 342. The Morgan fingerprint density at radius 3 is 2.50 bits per heavy atom. The van der Waals surface area contributed by atoms with E-state index in [1.165, 1.54) is 24.2 Å². The Hall–Kier alpha value is -0.0900. The van der Waals surface area contributed by atoms with Crippen LogP contribution in [0.4, 0.5) is 0 Å². The van der Waals surface area contributed by atoms with Crippen molar-refractivity contribution in [2.75, 3.05) is 5.33 Å². The summed E-state index contributed by atoms with van der Waals surface area (Å²) in [6, 6.07) is 0. The molecule has 0 unspecified atom stereocenters. The van der Waals surface area contributed by atoms with Crippen LogP contribution in [0, 0.1) is 13.8 Å². The van der Waals surface area contributed by atoms with Gasteiger partial charge in [-0.25, -0.2) is 0 Å². The van der Waals surface area contributed by atoms with E-state index in [1.54, 1.807) is 0 Å². The van der Waals surface area contributed by atoms with Crippen molar-refractivity contribution in [1.29, 1.82) is 0 Å². The van der Waals surface area contributed by atoms with Crippen LogP contribution in [0.3, 0.4) is 0 Å². The molecule has 1 heterocycles. The molecule has 0 aliphatic carbocycles. The van der Waals surface area contributed by atoms with Gasteiger partial charge < -0.3 is 4.57 Å². The highest BCUT2D eigenvalue weighted by atomic mass is 79.9. The number of halogens is 1. The smallest absolute Gasteiger partial charge is 0.303 e. The van der Waals surface area contributed by atoms with Gasteiger partial charge in [-0.3, -0.25) is 4.79 Å². The molecule has 1 aromatic heterocycles. The molecule has 0 atom stereocenters. The topological polar surface area (TPSA) is 22.0 Å². The number of alkyl halides is 1. The summed E-state index contributed by atoms with van der Waals surface area (Å²) in [6.45, 7) is 4.91. The summed E-state index contributed by atoms with van der Waals surface area (Å²) in [4.78, 5) is 12.8. The predicted octanol–water partition coefficient (Wildman–Crippen LogP) is 3.09. The zero-order valence-corrected chi connectivity index (χ0v) is 11.1. The van der Waals surface area contributed by atoms with Gasteiger partial charge in [-0.05, 0) is 26.7 Å². The minimum Gasteiger partial charge on any atom is -0.303 e. The van der Waals surface area contributed by atoms with E-state index in [1.807, 2.05) is 18.4 Å². The van der Waals surface area contributed by atoms with E-state index >= 15 is 0 Å². The van der Waals surface area contributed by atoms with Gasteiger partial charge in [0.15, 0.2) is 0 Å². The summed E-state index contributed by atoms with van der Waals surface area (Å²) in [5.41, 5.74) is 1.14. The van der Waals surface area contributed by atoms with Crippen molar-refractivity contribution in [3.8, 4) is 0 Å². The first-order valence-corrected chi connectivity index (χ1v) is 6.83. The highest BCUT2D eigenvalue weighted by Crippen LogP contribution is 2.10. The molecule has 1 rings (SSSR count). The van der Waals surface area contributed by atoms with E-state index in [9.17, 15) is 4.79 Å². The second-order valence-electron chi connectivity index (χ2n) is 3.41. The summed E-state index contributed by atoms with van der Waals surface area (Å²) in [5, 5.41) is 1.06. The molecule has 0 saturated heterocycles. The van der Waals surface area contributed by atoms with Crippen LogP contribution in [0.15, 0.2) is 4.79 Å². The van der Waals surface area contributed by atoms with Crippen molar-refractivity contribution in [2.45, 2.75) is 39.7 Å². The fraction of sp³-hybridized carbons (Fsp3) is 0.700. The third kappa shape index (κ3) is 2.95. The molecule has 4 heteroatoms. The lowest BCUT2D eigenvalue weighted by Gasteiger charge is -2.03. The summed E-state index contributed by atoms with van der Waals surface area (Å²) < 4.78 is 1.90. The Kier molecular flexibility index (Phi) is 4.89. The van der Waals surface area contributed by atoms with E-state index in [0.717, 1.165) is 28.9 Å². The predicted molar refractivity (Wildman–Crippen MR) is 65.7 cm³/mol. The normalized spacial score (nSPS) is 10.8. The second kappa shape index (κ2) is 5.71. The number of nitrogens with zero attached hydrogens (tertiary/aromatic N) is 1. The van der Waals surface area contributed by atoms with Crippen molar-refractivity contribution in [2.24, 2.45) is 0 Å². The average Bonchev–Trinajstić information content (AvgIpc) is 2.38. The van der Waals surface area contributed by atoms with Crippen LogP contribution in [0.2, 0.25) is 0 Å². The third-order valence-electron chi connectivity index (χ3n) is 2.39. The van der Waals surface area contributed by atoms with E-state index in [2.05, 4.69) is 15.9 Å². The van der Waals surface area contributed by atoms with Gasteiger partial charge in [0.25, 0.3) is 0 Å². The molecule has 80 valence electrons. The van der Waals surface area contributed by atoms with Gasteiger partial charge >= 0.3 is 4.87 Å². The third-order valence-corrected chi connectivity index (χ3v) is 3.95. The minimum absolute atomic E-state index is 0.193. The SMILES string of the molecule is Cc1sc(=O)n(CCCCCBr)c1C. The largest absolute Gasteiger partial charge is 0.307 e. The maximum absolute atomic E-state index is 11.5. The molecular weight excluding hydrogens is 262 g/mol.